The lowest BCUT2D eigenvalue weighted by Crippen LogP contribution is -2.41. The minimum absolute atomic E-state index is 0. The highest BCUT2D eigenvalue weighted by Crippen LogP contribution is 2.27. The number of unbranched alkanes of at least 4 members (excludes halogenated alkanes) is 25. The second kappa shape index (κ2) is 36.0. The number of carbonyl (C=O) groups excluding carboxylic acids is 2. The highest BCUT2D eigenvalue weighted by molar-refractivity contribution is 5.85. The van der Waals surface area contributed by atoms with Crippen LogP contribution in [0.25, 0.3) is 0 Å². The zero-order valence-electron chi connectivity index (χ0n) is 31.1. The van der Waals surface area contributed by atoms with E-state index in [9.17, 15) is 9.59 Å². The first-order chi connectivity index (χ1) is 20.9. The van der Waals surface area contributed by atoms with Crippen LogP contribution in [0.4, 0.5) is 0 Å². The van der Waals surface area contributed by atoms with Crippen LogP contribution in [0.3, 0.4) is 0 Å². The van der Waals surface area contributed by atoms with Gasteiger partial charge in [-0.3, -0.25) is 9.59 Å². The van der Waals surface area contributed by atoms with Crippen LogP contribution in [0.15, 0.2) is 0 Å². The van der Waals surface area contributed by atoms with Crippen molar-refractivity contribution < 1.29 is 14.3 Å². The summed E-state index contributed by atoms with van der Waals surface area (Å²) in [6, 6.07) is 0. The van der Waals surface area contributed by atoms with Crippen molar-refractivity contribution in [1.29, 1.82) is 0 Å². The van der Waals surface area contributed by atoms with Gasteiger partial charge in [0.15, 0.2) is 6.23 Å². The standard InChI is InChI=1S/C39H77NO3.ClH.H3N/c1-6-9-11-13-15-17-19-21-22-23-24-26-28-30-32-34-36(41)40-37(8-3)43-38(42)39(4,5)35-33-31-29-27-25-20-18-16-14-12-10-7-2;;/h37H,6-35H2,1-5H3,(H,40,41);1H;1H3. The van der Waals surface area contributed by atoms with E-state index in [4.69, 9.17) is 4.74 Å². The minimum atomic E-state index is -0.516. The number of halogens is 1. The molecule has 4 N–H and O–H groups in total. The Balaban J connectivity index is -0.00000882. The molecule has 0 radical (unpaired) electrons. The van der Waals surface area contributed by atoms with E-state index in [1.54, 1.807) is 0 Å². The zero-order chi connectivity index (χ0) is 31.9. The molecule has 0 aromatic rings. The van der Waals surface area contributed by atoms with Gasteiger partial charge in [-0.05, 0) is 26.7 Å². The Labute approximate surface area is 288 Å². The third kappa shape index (κ3) is 32.9. The molecule has 6 heteroatoms. The lowest BCUT2D eigenvalue weighted by Gasteiger charge is -2.26. The summed E-state index contributed by atoms with van der Waals surface area (Å²) in [4.78, 5) is 25.4. The summed E-state index contributed by atoms with van der Waals surface area (Å²) in [7, 11) is 0. The fraction of sp³-hybridized carbons (Fsp3) is 0.949. The number of rotatable bonds is 33. The Morgan fingerprint density at radius 3 is 1.18 bits per heavy atom. The molecule has 0 fully saturated rings. The quantitative estimate of drug-likeness (QED) is 0.0416. The van der Waals surface area contributed by atoms with Gasteiger partial charge in [0.05, 0.1) is 5.41 Å². The summed E-state index contributed by atoms with van der Waals surface area (Å²) in [5.74, 6) is -0.178. The number of amides is 1. The van der Waals surface area contributed by atoms with Gasteiger partial charge >= 0.3 is 5.97 Å². The first kappa shape index (κ1) is 48.6. The predicted molar refractivity (Wildman–Crippen MR) is 200 cm³/mol. The van der Waals surface area contributed by atoms with Crippen molar-refractivity contribution in [2.24, 2.45) is 5.41 Å². The molecule has 0 heterocycles. The largest absolute Gasteiger partial charge is 0.441 e. The molecule has 0 bridgehead atoms. The molecule has 0 aromatic heterocycles. The van der Waals surface area contributed by atoms with Gasteiger partial charge in [0, 0.05) is 12.8 Å². The lowest BCUT2D eigenvalue weighted by atomic mass is 9.87. The Morgan fingerprint density at radius 1 is 0.533 bits per heavy atom. The van der Waals surface area contributed by atoms with Crippen molar-refractivity contribution in [3.63, 3.8) is 0 Å². The maximum Gasteiger partial charge on any atom is 0.313 e. The number of carbonyl (C=O) groups is 2. The molecule has 1 amide bonds. The van der Waals surface area contributed by atoms with Crippen LogP contribution < -0.4 is 11.5 Å². The summed E-state index contributed by atoms with van der Waals surface area (Å²) in [5.41, 5.74) is -0.509. The van der Waals surface area contributed by atoms with E-state index in [-0.39, 0.29) is 30.4 Å². The molecule has 0 saturated heterocycles. The van der Waals surface area contributed by atoms with E-state index in [1.165, 1.54) is 154 Å². The van der Waals surface area contributed by atoms with Gasteiger partial charge in [0.2, 0.25) is 5.91 Å². The molecule has 272 valence electrons. The highest BCUT2D eigenvalue weighted by atomic mass is 35.5. The highest BCUT2D eigenvalue weighted by Gasteiger charge is 2.31. The summed E-state index contributed by atoms with van der Waals surface area (Å²) >= 11 is 0. The number of hydrogen-bond acceptors (Lipinski definition) is 4. The maximum absolute atomic E-state index is 12.9. The van der Waals surface area contributed by atoms with Crippen LogP contribution in [0, 0.1) is 5.41 Å². The molecular weight excluding hydrogens is 580 g/mol. The predicted octanol–water partition coefficient (Wildman–Crippen LogP) is 13.3. The van der Waals surface area contributed by atoms with E-state index >= 15 is 0 Å². The molecule has 0 aliphatic rings. The van der Waals surface area contributed by atoms with Crippen molar-refractivity contribution in [3.05, 3.63) is 0 Å². The minimum Gasteiger partial charge on any atom is -0.441 e. The van der Waals surface area contributed by atoms with Crippen LogP contribution in [-0.4, -0.2) is 18.1 Å². The van der Waals surface area contributed by atoms with Crippen LogP contribution in [-0.2, 0) is 14.3 Å². The van der Waals surface area contributed by atoms with Crippen LogP contribution in [0.5, 0.6) is 0 Å². The number of hydrogen-bond donors (Lipinski definition) is 2. The van der Waals surface area contributed by atoms with Gasteiger partial charge in [-0.2, -0.15) is 0 Å². The molecule has 0 saturated carbocycles. The van der Waals surface area contributed by atoms with E-state index in [2.05, 4.69) is 19.2 Å². The Hall–Kier alpha value is -0.810. The number of esters is 1. The monoisotopic (exact) mass is 661 g/mol. The van der Waals surface area contributed by atoms with Crippen molar-refractivity contribution in [2.45, 2.75) is 233 Å². The maximum atomic E-state index is 12.9. The van der Waals surface area contributed by atoms with Crippen LogP contribution >= 0.6 is 12.4 Å². The molecule has 1 atom stereocenters. The summed E-state index contributed by atoms with van der Waals surface area (Å²) < 4.78 is 5.75. The molecule has 1 unspecified atom stereocenters. The smallest absolute Gasteiger partial charge is 0.313 e. The number of nitrogens with one attached hydrogen (secondary N) is 1. The van der Waals surface area contributed by atoms with Gasteiger partial charge in [-0.1, -0.05) is 188 Å². The first-order valence-corrected chi connectivity index (χ1v) is 19.4. The van der Waals surface area contributed by atoms with Gasteiger partial charge in [0.25, 0.3) is 0 Å². The van der Waals surface area contributed by atoms with Gasteiger partial charge < -0.3 is 16.2 Å². The molecule has 0 aliphatic carbocycles. The molecular formula is C39H81ClN2O3. The zero-order valence-corrected chi connectivity index (χ0v) is 31.9. The van der Waals surface area contributed by atoms with E-state index < -0.39 is 11.6 Å². The second-order valence-corrected chi connectivity index (χ2v) is 14.1. The van der Waals surface area contributed by atoms with Gasteiger partial charge in [0.1, 0.15) is 0 Å². The van der Waals surface area contributed by atoms with Crippen molar-refractivity contribution in [3.8, 4) is 0 Å². The fourth-order valence-corrected chi connectivity index (χ4v) is 5.92. The van der Waals surface area contributed by atoms with Crippen LogP contribution in [0.1, 0.15) is 227 Å². The van der Waals surface area contributed by atoms with Gasteiger partial charge in [-0.15, -0.1) is 12.4 Å². The van der Waals surface area contributed by atoms with E-state index in [0.29, 0.717) is 12.8 Å². The molecule has 0 spiro atoms. The molecule has 0 rings (SSSR count). The topological polar surface area (TPSA) is 90.4 Å². The second-order valence-electron chi connectivity index (χ2n) is 14.1. The number of ether oxygens (including phenoxy) is 1. The molecule has 0 aromatic carbocycles. The lowest BCUT2D eigenvalue weighted by molar-refractivity contribution is -0.163. The third-order valence-corrected chi connectivity index (χ3v) is 9.16. The Kier molecular flexibility index (Phi) is 38.9. The van der Waals surface area contributed by atoms with E-state index in [0.717, 1.165) is 25.7 Å². The van der Waals surface area contributed by atoms with Crippen molar-refractivity contribution in [1.82, 2.24) is 11.5 Å². The average Bonchev–Trinajstić information content (AvgIpc) is 2.99. The third-order valence-electron chi connectivity index (χ3n) is 9.16. The fourth-order valence-electron chi connectivity index (χ4n) is 5.92. The first-order valence-electron chi connectivity index (χ1n) is 19.4. The SMILES string of the molecule is CCCCCCCCCCCCCCCCCC(=O)NC(CC)OC(=O)C(C)(C)CCCCCCCCCCCCCC.Cl.N. The van der Waals surface area contributed by atoms with Gasteiger partial charge in [-0.25, -0.2) is 0 Å². The average molecular weight is 662 g/mol. The van der Waals surface area contributed by atoms with Crippen molar-refractivity contribution >= 4 is 24.3 Å². The molecule has 5 nitrogen and oxygen atoms in total. The van der Waals surface area contributed by atoms with Crippen molar-refractivity contribution in [2.75, 3.05) is 0 Å². The Bertz CT molecular complexity index is 629. The van der Waals surface area contributed by atoms with Crippen LogP contribution in [0.2, 0.25) is 0 Å². The summed E-state index contributed by atoms with van der Waals surface area (Å²) in [5, 5.41) is 2.95. The van der Waals surface area contributed by atoms with E-state index in [1.807, 2.05) is 20.8 Å². The molecule has 0 aliphatic heterocycles. The summed E-state index contributed by atoms with van der Waals surface area (Å²) in [6.45, 7) is 10.5. The normalized spacial score (nSPS) is 11.8. The summed E-state index contributed by atoms with van der Waals surface area (Å²) in [6.07, 6.45) is 37.1. The Morgan fingerprint density at radius 2 is 0.844 bits per heavy atom. The molecule has 45 heavy (non-hydrogen) atoms.